The summed E-state index contributed by atoms with van der Waals surface area (Å²) in [6, 6.07) is 31.9. The zero-order valence-corrected chi connectivity index (χ0v) is 18.3. The summed E-state index contributed by atoms with van der Waals surface area (Å²) in [5, 5.41) is 11.0. The van der Waals surface area contributed by atoms with Crippen LogP contribution in [-0.4, -0.2) is 17.6 Å². The van der Waals surface area contributed by atoms with Crippen LogP contribution in [0.25, 0.3) is 11.1 Å². The Morgan fingerprint density at radius 3 is 1.94 bits per heavy atom. The van der Waals surface area contributed by atoms with Gasteiger partial charge in [0.15, 0.2) is 0 Å². The molecule has 0 spiro atoms. The maximum Gasteiger partial charge on any atom is 0.414 e. The van der Waals surface area contributed by atoms with Gasteiger partial charge < -0.3 is 4.74 Å². The topological polar surface area (TPSA) is 72.7 Å². The number of ether oxygens (including phenoxy) is 1. The summed E-state index contributed by atoms with van der Waals surface area (Å²) in [4.78, 5) is 25.4. The zero-order chi connectivity index (χ0) is 23.5. The highest BCUT2D eigenvalue weighted by molar-refractivity contribution is 5.88. The highest BCUT2D eigenvalue weighted by Gasteiger charge is 2.30. The second-order valence-corrected chi connectivity index (χ2v) is 8.15. The number of rotatable bonds is 6. The lowest BCUT2D eigenvalue weighted by molar-refractivity contribution is -0.384. The number of amides is 1. The molecule has 0 aromatic heterocycles. The van der Waals surface area contributed by atoms with Crippen LogP contribution in [0.3, 0.4) is 0 Å². The van der Waals surface area contributed by atoms with Gasteiger partial charge in [0.2, 0.25) is 0 Å². The Labute approximate surface area is 197 Å². The van der Waals surface area contributed by atoms with Crippen molar-refractivity contribution in [2.45, 2.75) is 12.5 Å². The van der Waals surface area contributed by atoms with Gasteiger partial charge in [-0.2, -0.15) is 0 Å². The van der Waals surface area contributed by atoms with E-state index in [9.17, 15) is 14.9 Å². The fourth-order valence-electron chi connectivity index (χ4n) is 4.45. The highest BCUT2D eigenvalue weighted by atomic mass is 16.6. The molecule has 5 rings (SSSR count). The van der Waals surface area contributed by atoms with Gasteiger partial charge in [-0.25, -0.2) is 4.79 Å². The van der Waals surface area contributed by atoms with Crippen molar-refractivity contribution in [2.75, 3.05) is 11.5 Å². The summed E-state index contributed by atoms with van der Waals surface area (Å²) in [6.45, 7) is 0.454. The van der Waals surface area contributed by atoms with Crippen LogP contribution in [0.15, 0.2) is 103 Å². The average Bonchev–Trinajstić information content (AvgIpc) is 3.20. The van der Waals surface area contributed by atoms with Gasteiger partial charge in [-0.05, 0) is 39.9 Å². The van der Waals surface area contributed by atoms with Crippen LogP contribution in [0.5, 0.6) is 0 Å². The number of hydrogen-bond donors (Lipinski definition) is 0. The van der Waals surface area contributed by atoms with Crippen molar-refractivity contribution in [3.63, 3.8) is 0 Å². The van der Waals surface area contributed by atoms with E-state index in [1.807, 2.05) is 54.6 Å². The van der Waals surface area contributed by atoms with Crippen LogP contribution < -0.4 is 4.90 Å². The predicted molar refractivity (Wildman–Crippen MR) is 131 cm³/mol. The number of fused-ring (bicyclic) bond motifs is 3. The van der Waals surface area contributed by atoms with Gasteiger partial charge in [0, 0.05) is 23.7 Å². The summed E-state index contributed by atoms with van der Waals surface area (Å²) < 4.78 is 5.87. The Hall–Kier alpha value is -4.45. The van der Waals surface area contributed by atoms with Crippen molar-refractivity contribution in [3.05, 3.63) is 130 Å². The van der Waals surface area contributed by atoms with E-state index in [1.165, 1.54) is 23.3 Å². The molecule has 1 aliphatic carbocycles. The normalized spacial score (nSPS) is 12.0. The smallest absolute Gasteiger partial charge is 0.414 e. The van der Waals surface area contributed by atoms with Crippen molar-refractivity contribution in [3.8, 4) is 11.1 Å². The van der Waals surface area contributed by atoms with Crippen LogP contribution in [0.1, 0.15) is 22.6 Å². The summed E-state index contributed by atoms with van der Waals surface area (Å²) in [5.74, 6) is -0.0339. The van der Waals surface area contributed by atoms with E-state index in [2.05, 4.69) is 24.3 Å². The lowest BCUT2D eigenvalue weighted by Gasteiger charge is -2.24. The van der Waals surface area contributed by atoms with Gasteiger partial charge in [-0.1, -0.05) is 78.9 Å². The molecule has 0 atom stereocenters. The van der Waals surface area contributed by atoms with E-state index in [4.69, 9.17) is 4.74 Å². The monoisotopic (exact) mass is 450 g/mol. The number of carbonyl (C=O) groups excluding carboxylic acids is 1. The van der Waals surface area contributed by atoms with Gasteiger partial charge in [-0.3, -0.25) is 15.0 Å². The first kappa shape index (κ1) is 21.4. The number of nitrogens with zero attached hydrogens (tertiary/aromatic N) is 2. The Balaban J connectivity index is 1.38. The maximum absolute atomic E-state index is 13.3. The standard InChI is InChI=1S/C28H22N2O4/c31-28(34-19-27-25-12-6-4-10-23(25)24-11-5-7-13-26(24)27)29(21-8-2-1-3-9-21)18-20-14-16-22(17-15-20)30(32)33/h1-17,27H,18-19H2. The Bertz CT molecular complexity index is 1290. The predicted octanol–water partition coefficient (Wildman–Crippen LogP) is 6.55. The number of non-ortho nitro benzene ring substituents is 1. The van der Waals surface area contributed by atoms with Crippen molar-refractivity contribution in [1.82, 2.24) is 0 Å². The first-order chi connectivity index (χ1) is 16.6. The van der Waals surface area contributed by atoms with Crippen LogP contribution in [-0.2, 0) is 11.3 Å². The SMILES string of the molecule is O=C(OCC1c2ccccc2-c2ccccc21)N(Cc1ccc([N+](=O)[O-])cc1)c1ccccc1. The van der Waals surface area contributed by atoms with E-state index in [0.717, 1.165) is 16.7 Å². The van der Waals surface area contributed by atoms with E-state index in [-0.39, 0.29) is 24.8 Å². The molecule has 0 saturated heterocycles. The molecule has 0 heterocycles. The minimum Gasteiger partial charge on any atom is -0.448 e. The minimum absolute atomic E-state index is 0.0103. The summed E-state index contributed by atoms with van der Waals surface area (Å²) >= 11 is 0. The van der Waals surface area contributed by atoms with Gasteiger partial charge in [0.05, 0.1) is 11.5 Å². The van der Waals surface area contributed by atoms with Crippen LogP contribution in [0.2, 0.25) is 0 Å². The quantitative estimate of drug-likeness (QED) is 0.247. The number of nitro benzene ring substituents is 1. The molecule has 6 nitrogen and oxygen atoms in total. The molecule has 1 amide bonds. The third-order valence-electron chi connectivity index (χ3n) is 6.11. The molecule has 0 saturated carbocycles. The number of anilines is 1. The van der Waals surface area contributed by atoms with Crippen LogP contribution in [0.4, 0.5) is 16.2 Å². The molecule has 168 valence electrons. The summed E-state index contributed by atoms with van der Waals surface area (Å²) in [7, 11) is 0. The van der Waals surface area contributed by atoms with Crippen molar-refractivity contribution in [1.29, 1.82) is 0 Å². The van der Waals surface area contributed by atoms with Crippen molar-refractivity contribution >= 4 is 17.5 Å². The molecule has 0 bridgehead atoms. The first-order valence-electron chi connectivity index (χ1n) is 11.0. The lowest BCUT2D eigenvalue weighted by atomic mass is 9.98. The summed E-state index contributed by atoms with van der Waals surface area (Å²) in [5.41, 5.74) is 6.11. The number of carbonyl (C=O) groups is 1. The lowest BCUT2D eigenvalue weighted by Crippen LogP contribution is -2.32. The second kappa shape index (κ2) is 9.19. The molecule has 0 radical (unpaired) electrons. The molecule has 4 aromatic rings. The third-order valence-corrected chi connectivity index (χ3v) is 6.11. The van der Waals surface area contributed by atoms with Gasteiger partial charge in [0.1, 0.15) is 6.61 Å². The molecule has 0 N–H and O–H groups in total. The van der Waals surface area contributed by atoms with Crippen LogP contribution in [0, 0.1) is 10.1 Å². The zero-order valence-electron chi connectivity index (χ0n) is 18.3. The van der Waals surface area contributed by atoms with Gasteiger partial charge >= 0.3 is 6.09 Å². The van der Waals surface area contributed by atoms with Gasteiger partial charge in [0.25, 0.3) is 5.69 Å². The van der Waals surface area contributed by atoms with Crippen LogP contribution >= 0.6 is 0 Å². The van der Waals surface area contributed by atoms with E-state index >= 15 is 0 Å². The largest absolute Gasteiger partial charge is 0.448 e. The van der Waals surface area contributed by atoms with Gasteiger partial charge in [-0.15, -0.1) is 0 Å². The number of para-hydroxylation sites is 1. The number of hydrogen-bond acceptors (Lipinski definition) is 4. The molecule has 4 aromatic carbocycles. The fraction of sp³-hybridized carbons (Fsp3) is 0.107. The molecule has 1 aliphatic rings. The Morgan fingerprint density at radius 2 is 1.35 bits per heavy atom. The fourth-order valence-corrected chi connectivity index (χ4v) is 4.45. The molecule has 34 heavy (non-hydrogen) atoms. The molecule has 0 unspecified atom stereocenters. The molecule has 0 fully saturated rings. The third kappa shape index (κ3) is 4.13. The Morgan fingerprint density at radius 1 is 0.794 bits per heavy atom. The van der Waals surface area contributed by atoms with E-state index < -0.39 is 11.0 Å². The maximum atomic E-state index is 13.3. The van der Waals surface area contributed by atoms with Crippen molar-refractivity contribution < 1.29 is 14.5 Å². The molecular weight excluding hydrogens is 428 g/mol. The first-order valence-corrected chi connectivity index (χ1v) is 11.0. The molecule has 0 aliphatic heterocycles. The molecular formula is C28H22N2O4. The van der Waals surface area contributed by atoms with E-state index in [1.54, 1.807) is 17.0 Å². The number of nitro groups is 1. The minimum atomic E-state index is -0.466. The highest BCUT2D eigenvalue weighted by Crippen LogP contribution is 2.44. The van der Waals surface area contributed by atoms with E-state index in [0.29, 0.717) is 5.69 Å². The second-order valence-electron chi connectivity index (χ2n) is 8.15. The average molecular weight is 450 g/mol. The van der Waals surface area contributed by atoms with Crippen molar-refractivity contribution in [2.24, 2.45) is 0 Å². The number of benzene rings is 4. The summed E-state index contributed by atoms with van der Waals surface area (Å²) in [6.07, 6.45) is -0.466. The Kier molecular flexibility index (Phi) is 5.79. The molecule has 6 heteroatoms.